The van der Waals surface area contributed by atoms with Gasteiger partial charge in [-0.25, -0.2) is 0 Å². The average Bonchev–Trinajstić information content (AvgIpc) is 3.30. The van der Waals surface area contributed by atoms with Crippen LogP contribution in [0.25, 0.3) is 0 Å². The first-order valence-corrected chi connectivity index (χ1v) is 9.70. The van der Waals surface area contributed by atoms with E-state index in [1.54, 1.807) is 29.2 Å². The first-order chi connectivity index (χ1) is 14.1. The normalized spacial score (nSPS) is 14.3. The lowest BCUT2D eigenvalue weighted by Crippen LogP contribution is -2.33. The van der Waals surface area contributed by atoms with E-state index in [1.807, 2.05) is 25.1 Å². The number of nitrogens with zero attached hydrogens (tertiary/aromatic N) is 2. The van der Waals surface area contributed by atoms with E-state index in [0.29, 0.717) is 42.1 Å². The van der Waals surface area contributed by atoms with Crippen LogP contribution in [0.15, 0.2) is 42.5 Å². The zero-order valence-corrected chi connectivity index (χ0v) is 16.2. The summed E-state index contributed by atoms with van der Waals surface area (Å²) in [5, 5.41) is 0. The van der Waals surface area contributed by atoms with Gasteiger partial charge in [0.25, 0.3) is 11.8 Å². The van der Waals surface area contributed by atoms with Crippen LogP contribution in [-0.4, -0.2) is 47.4 Å². The molecule has 0 fully saturated rings. The van der Waals surface area contributed by atoms with Gasteiger partial charge in [-0.05, 0) is 43.2 Å². The quantitative estimate of drug-likeness (QED) is 0.675. The molecule has 0 radical (unpaired) electrons. The van der Waals surface area contributed by atoms with E-state index in [4.69, 9.17) is 9.47 Å². The lowest BCUT2D eigenvalue weighted by atomic mass is 10.1. The third kappa shape index (κ3) is 3.68. The van der Waals surface area contributed by atoms with Gasteiger partial charge < -0.3 is 14.4 Å². The molecule has 0 atom stereocenters. The molecule has 0 saturated heterocycles. The van der Waals surface area contributed by atoms with E-state index in [2.05, 4.69) is 0 Å². The van der Waals surface area contributed by atoms with Gasteiger partial charge in [0.15, 0.2) is 11.5 Å². The minimum absolute atomic E-state index is 0.0122. The maximum absolute atomic E-state index is 12.6. The third-order valence-corrected chi connectivity index (χ3v) is 5.20. The number of rotatable bonds is 7. The Morgan fingerprint density at radius 1 is 1.03 bits per heavy atom. The Morgan fingerprint density at radius 2 is 1.72 bits per heavy atom. The van der Waals surface area contributed by atoms with Crippen LogP contribution in [0.2, 0.25) is 0 Å². The number of amides is 3. The second-order valence-electron chi connectivity index (χ2n) is 7.01. The molecule has 0 saturated carbocycles. The Hall–Kier alpha value is -3.35. The monoisotopic (exact) mass is 394 g/mol. The van der Waals surface area contributed by atoms with Crippen molar-refractivity contribution in [2.24, 2.45) is 0 Å². The van der Waals surface area contributed by atoms with E-state index in [0.717, 1.165) is 5.56 Å². The van der Waals surface area contributed by atoms with Gasteiger partial charge in [-0.2, -0.15) is 0 Å². The van der Waals surface area contributed by atoms with E-state index >= 15 is 0 Å². The summed E-state index contributed by atoms with van der Waals surface area (Å²) in [5.74, 6) is 0.819. The minimum Gasteiger partial charge on any atom is -0.454 e. The summed E-state index contributed by atoms with van der Waals surface area (Å²) >= 11 is 0. The molecule has 150 valence electrons. The van der Waals surface area contributed by atoms with Gasteiger partial charge in [-0.1, -0.05) is 18.2 Å². The molecule has 0 aliphatic carbocycles. The van der Waals surface area contributed by atoms with Gasteiger partial charge in [0.05, 0.1) is 11.1 Å². The molecule has 0 unspecified atom stereocenters. The molecule has 0 bridgehead atoms. The molecule has 3 amide bonds. The van der Waals surface area contributed by atoms with Crippen molar-refractivity contribution < 1.29 is 23.9 Å². The van der Waals surface area contributed by atoms with Crippen LogP contribution in [0.4, 0.5) is 0 Å². The first-order valence-electron chi connectivity index (χ1n) is 9.70. The van der Waals surface area contributed by atoms with Gasteiger partial charge in [-0.15, -0.1) is 0 Å². The molecular weight excluding hydrogens is 372 g/mol. The van der Waals surface area contributed by atoms with Gasteiger partial charge in [0.1, 0.15) is 0 Å². The lowest BCUT2D eigenvalue weighted by molar-refractivity contribution is -0.131. The van der Waals surface area contributed by atoms with Crippen molar-refractivity contribution in [3.8, 4) is 11.5 Å². The Labute approximate surface area is 168 Å². The Morgan fingerprint density at radius 3 is 2.41 bits per heavy atom. The molecule has 2 aromatic carbocycles. The van der Waals surface area contributed by atoms with Crippen LogP contribution in [-0.2, 0) is 11.3 Å². The summed E-state index contributed by atoms with van der Waals surface area (Å²) in [4.78, 5) is 40.4. The number of hydrogen-bond donors (Lipinski definition) is 0. The van der Waals surface area contributed by atoms with E-state index in [1.165, 1.54) is 4.90 Å². The molecule has 29 heavy (non-hydrogen) atoms. The number of hydrogen-bond acceptors (Lipinski definition) is 5. The van der Waals surface area contributed by atoms with Crippen molar-refractivity contribution in [2.45, 2.75) is 26.3 Å². The molecule has 2 aliphatic heterocycles. The van der Waals surface area contributed by atoms with Crippen molar-refractivity contribution in [1.29, 1.82) is 0 Å². The number of benzene rings is 2. The summed E-state index contributed by atoms with van der Waals surface area (Å²) in [6.07, 6.45) is 0.702. The molecule has 2 aliphatic rings. The number of fused-ring (bicyclic) bond motifs is 2. The molecule has 0 N–H and O–H groups in total. The first kappa shape index (κ1) is 19.0. The SMILES string of the molecule is CCN(Cc1ccc2c(c1)OCO2)C(=O)CCCN1C(=O)c2ccccc2C1=O. The van der Waals surface area contributed by atoms with Crippen molar-refractivity contribution in [2.75, 3.05) is 19.9 Å². The maximum Gasteiger partial charge on any atom is 0.261 e. The van der Waals surface area contributed by atoms with Gasteiger partial charge in [0, 0.05) is 26.1 Å². The van der Waals surface area contributed by atoms with Crippen LogP contribution in [0, 0.1) is 0 Å². The fraction of sp³-hybridized carbons (Fsp3) is 0.318. The molecule has 2 aromatic rings. The van der Waals surface area contributed by atoms with Crippen molar-refractivity contribution in [3.63, 3.8) is 0 Å². The fourth-order valence-corrected chi connectivity index (χ4v) is 3.62. The fourth-order valence-electron chi connectivity index (χ4n) is 3.62. The molecule has 4 rings (SSSR count). The van der Waals surface area contributed by atoms with E-state index in [9.17, 15) is 14.4 Å². The highest BCUT2D eigenvalue weighted by Gasteiger charge is 2.34. The number of carbonyl (C=O) groups is 3. The second kappa shape index (κ2) is 7.95. The summed E-state index contributed by atoms with van der Waals surface area (Å²) in [6.45, 7) is 3.42. The highest BCUT2D eigenvalue weighted by Crippen LogP contribution is 2.32. The van der Waals surface area contributed by atoms with Crippen LogP contribution >= 0.6 is 0 Å². The van der Waals surface area contributed by atoms with Crippen LogP contribution < -0.4 is 9.47 Å². The van der Waals surface area contributed by atoms with Crippen LogP contribution in [0.1, 0.15) is 46.0 Å². The van der Waals surface area contributed by atoms with Crippen molar-refractivity contribution >= 4 is 17.7 Å². The maximum atomic E-state index is 12.6. The lowest BCUT2D eigenvalue weighted by Gasteiger charge is -2.22. The summed E-state index contributed by atoms with van der Waals surface area (Å²) in [5.41, 5.74) is 1.83. The van der Waals surface area contributed by atoms with Gasteiger partial charge >= 0.3 is 0 Å². The molecule has 7 heteroatoms. The van der Waals surface area contributed by atoms with Gasteiger partial charge in [0.2, 0.25) is 12.7 Å². The van der Waals surface area contributed by atoms with Crippen LogP contribution in [0.5, 0.6) is 11.5 Å². The third-order valence-electron chi connectivity index (χ3n) is 5.20. The molecule has 0 spiro atoms. The number of ether oxygens (including phenoxy) is 2. The minimum atomic E-state index is -0.286. The topological polar surface area (TPSA) is 76.2 Å². The summed E-state index contributed by atoms with van der Waals surface area (Å²) in [7, 11) is 0. The molecular formula is C22H22N2O5. The zero-order chi connectivity index (χ0) is 20.4. The Kier molecular flexibility index (Phi) is 5.20. The average molecular weight is 394 g/mol. The Bertz CT molecular complexity index is 936. The van der Waals surface area contributed by atoms with Crippen molar-refractivity contribution in [3.05, 3.63) is 59.2 Å². The van der Waals surface area contributed by atoms with E-state index in [-0.39, 0.29) is 37.5 Å². The van der Waals surface area contributed by atoms with Crippen molar-refractivity contribution in [1.82, 2.24) is 9.80 Å². The van der Waals surface area contributed by atoms with Crippen LogP contribution in [0.3, 0.4) is 0 Å². The standard InChI is InChI=1S/C22H22N2O5/c1-2-23(13-15-9-10-18-19(12-15)29-14-28-18)20(25)8-5-11-24-21(26)16-6-3-4-7-17(16)22(24)27/h3-4,6-7,9-10,12H,2,5,8,11,13-14H2,1H3. The summed E-state index contributed by atoms with van der Waals surface area (Å²) < 4.78 is 10.7. The Balaban J connectivity index is 1.32. The molecule has 7 nitrogen and oxygen atoms in total. The zero-order valence-electron chi connectivity index (χ0n) is 16.2. The highest BCUT2D eigenvalue weighted by molar-refractivity contribution is 6.21. The summed E-state index contributed by atoms with van der Waals surface area (Å²) in [6, 6.07) is 12.5. The predicted octanol–water partition coefficient (Wildman–Crippen LogP) is 2.84. The molecule has 0 aromatic heterocycles. The molecule has 2 heterocycles. The van der Waals surface area contributed by atoms with E-state index < -0.39 is 0 Å². The number of carbonyl (C=O) groups excluding carboxylic acids is 3. The predicted molar refractivity (Wildman–Crippen MR) is 105 cm³/mol. The second-order valence-corrected chi connectivity index (χ2v) is 7.01. The van der Waals surface area contributed by atoms with Gasteiger partial charge in [-0.3, -0.25) is 19.3 Å². The highest BCUT2D eigenvalue weighted by atomic mass is 16.7. The number of imide groups is 1. The smallest absolute Gasteiger partial charge is 0.261 e. The largest absolute Gasteiger partial charge is 0.454 e.